The fourth-order valence-corrected chi connectivity index (χ4v) is 14.9. The van der Waals surface area contributed by atoms with Crippen molar-refractivity contribution in [2.75, 3.05) is 69.2 Å². The number of carbonyl (C=O) groups excluding carboxylic acids is 8. The maximum Gasteiger partial charge on any atom is 1.00 e. The van der Waals surface area contributed by atoms with Gasteiger partial charge in [0.25, 0.3) is 35.0 Å². The van der Waals surface area contributed by atoms with Crippen LogP contribution in [0, 0.1) is 31.9 Å². The second-order valence-corrected chi connectivity index (χ2v) is 31.0. The number of amides is 4. The summed E-state index contributed by atoms with van der Waals surface area (Å²) < 4.78 is 46.8. The zero-order valence-corrected chi connectivity index (χ0v) is 80.7. The van der Waals surface area contributed by atoms with Crippen molar-refractivity contribution in [3.05, 3.63) is 402 Å². The summed E-state index contributed by atoms with van der Waals surface area (Å²) in [5.41, 5.74) is 18.1. The second kappa shape index (κ2) is 55.4. The molecule has 0 radical (unpaired) electrons. The molecule has 138 heavy (non-hydrogen) atoms. The SMILES string of the molecule is CCO.CO.COC(=O)c1cccc(-c2cccc(N)c2)c1.COC(=O)c1cccc(-c2cccc(NC(=O)c3ccc4c(c3)NC(=O)c3cc(F)ccc3S4)c2)c1.COC(=O)c1cccc(-c2cccc([N+](=O)[O-])c2)c1.COC(=O)c1cccc(Br)c1.O.O=C(O)c1cccc(-c2cccc(NC(=O)c3ccc4c(c3)NC(=O)c3cc(F)ccc3S4)c2)c1.O=[N+]([O-])c1cccc(B(O)O)c1.[K+].[OH-]. The molecular formula is C100H86BBrF2KN7O24S2. The predicted octanol–water partition coefficient (Wildman–Crippen LogP) is 15.3. The van der Waals surface area contributed by atoms with Crippen LogP contribution in [0.15, 0.2) is 340 Å². The summed E-state index contributed by atoms with van der Waals surface area (Å²) in [7, 11) is 4.71. The number of esters is 4. The summed E-state index contributed by atoms with van der Waals surface area (Å²) in [5, 5.41) is 73.3. The molecular weight excluding hydrogens is 1920 g/mol. The summed E-state index contributed by atoms with van der Waals surface area (Å²) in [5.74, 6) is -5.14. The molecule has 0 unspecified atom stereocenters. The number of hydrogen-bond donors (Lipinski definition) is 10. The quantitative estimate of drug-likeness (QED) is 0.0107. The number of carboxylic acids is 1. The summed E-state index contributed by atoms with van der Waals surface area (Å²) >= 11 is 5.90. The third kappa shape index (κ3) is 32.3. The molecule has 14 aromatic carbocycles. The Kier molecular flexibility index (Phi) is 45.1. The van der Waals surface area contributed by atoms with Crippen LogP contribution in [0.3, 0.4) is 0 Å². The number of nitrogens with two attached hydrogens (primary N) is 1. The van der Waals surface area contributed by atoms with Gasteiger partial charge in [-0.25, -0.2) is 32.8 Å². The molecule has 14 N–H and O–H groups in total. The topological polar surface area (TPSA) is 514 Å². The number of nitro groups is 2. The fourth-order valence-electron chi connectivity index (χ4n) is 12.5. The zero-order valence-electron chi connectivity index (χ0n) is 74.4. The normalized spacial score (nSPS) is 10.5. The summed E-state index contributed by atoms with van der Waals surface area (Å²) in [6.07, 6.45) is 0. The minimum absolute atomic E-state index is 0. The van der Waals surface area contributed by atoms with Crippen LogP contribution in [0.1, 0.15) is 100 Å². The number of nitrogen functional groups attached to an aromatic ring is 1. The van der Waals surface area contributed by atoms with Gasteiger partial charge in [0.2, 0.25) is 0 Å². The molecule has 0 spiro atoms. The second-order valence-electron chi connectivity index (χ2n) is 28.0. The van der Waals surface area contributed by atoms with Gasteiger partial charge >= 0.3 is 88.3 Å². The van der Waals surface area contributed by atoms with Gasteiger partial charge in [-0.1, -0.05) is 155 Å². The molecule has 4 amide bonds. The number of anilines is 5. The van der Waals surface area contributed by atoms with Crippen LogP contribution in [0.25, 0.3) is 44.5 Å². The summed E-state index contributed by atoms with van der Waals surface area (Å²) in [6.45, 7) is 1.93. The number of rotatable bonds is 16. The average molecular weight is 2000 g/mol. The van der Waals surface area contributed by atoms with Gasteiger partial charge in [-0.05, 0) is 233 Å². The largest absolute Gasteiger partial charge is 1.00 e. The van der Waals surface area contributed by atoms with Crippen molar-refractivity contribution >= 4 is 145 Å². The number of aliphatic hydroxyl groups is 2. The molecule has 0 aliphatic carbocycles. The van der Waals surface area contributed by atoms with E-state index in [9.17, 15) is 77.3 Å². The first-order valence-corrected chi connectivity index (χ1v) is 42.5. The van der Waals surface area contributed by atoms with Gasteiger partial charge in [-0.3, -0.25) is 39.4 Å². The van der Waals surface area contributed by atoms with Crippen molar-refractivity contribution in [3.63, 3.8) is 0 Å². The minimum Gasteiger partial charge on any atom is -0.870 e. The standard InChI is InChI=1S/C28H19FN2O4S.C27H17FN2O4S.C14H11NO4.C14H13NO2.C8H7BrO2.C6H6BNO4.C2H6O.CH4O.K.2H2O/c1-35-28(34)19-6-2-4-16(12-19)17-5-3-7-21(13-17)30-26(32)18-8-10-25-23(14-18)31-27(33)22-15-20(29)9-11-24(22)36-25;28-19-8-10-23-21(14-19)26(32)30-22-13-17(7-9-24(22)35-23)25(31)29-20-6-2-4-16(12-20)15-3-1-5-18(11-15)27(33)34;1-19-14(16)12-6-2-4-10(8-12)11-5-3-7-13(9-11)15(17)18;1-17-14(16)12-6-2-4-10(8-12)11-5-3-7-13(15)9-11;1-11-8(10)6-3-2-4-7(9)5-6;9-7(10)5-2-1-3-6(4-5)8(11)12;1-2-3;1-2;;;/h2-15H,1H3,(H,30,32)(H,31,33);1-14H,(H,29,31)(H,30,32)(H,33,34);2-9H,1H3;2-9H,15H2,1H3;2-5H,1H3;1-4,9-10H;3H,2H2,1H3;2H,1H3;;2*1H2/q;;;;;;;;+1;;/p-1. The van der Waals surface area contributed by atoms with Gasteiger partial charge in [-0.15, -0.1) is 0 Å². The summed E-state index contributed by atoms with van der Waals surface area (Å²) in [4.78, 5) is 131. The van der Waals surface area contributed by atoms with Crippen molar-refractivity contribution < 1.29 is 168 Å². The molecule has 38 heteroatoms. The number of carboxylic acid groups (broad SMARTS) is 1. The Morgan fingerprint density at radius 2 is 0.732 bits per heavy atom. The smallest absolute Gasteiger partial charge is 0.870 e. The summed E-state index contributed by atoms with van der Waals surface area (Å²) in [6, 6.07) is 86.1. The number of nitro benzene ring substituents is 2. The van der Waals surface area contributed by atoms with Crippen molar-refractivity contribution in [2.45, 2.75) is 26.5 Å². The van der Waals surface area contributed by atoms with Crippen LogP contribution < -0.4 is 83.8 Å². The predicted molar refractivity (Wildman–Crippen MR) is 520 cm³/mol. The van der Waals surface area contributed by atoms with Crippen LogP contribution >= 0.6 is 39.5 Å². The number of benzene rings is 14. The van der Waals surface area contributed by atoms with Crippen molar-refractivity contribution in [1.29, 1.82) is 0 Å². The van der Waals surface area contributed by atoms with E-state index in [1.807, 2.05) is 60.7 Å². The number of carbonyl (C=O) groups is 9. The monoisotopic (exact) mass is 2000 g/mol. The maximum atomic E-state index is 13.7. The number of aliphatic hydroxyl groups excluding tert-OH is 2. The van der Waals surface area contributed by atoms with E-state index >= 15 is 0 Å². The molecule has 2 aliphatic heterocycles. The first-order chi connectivity index (χ1) is 64.9. The molecule has 2 aliphatic rings. The number of ether oxygens (including phenoxy) is 4. The van der Waals surface area contributed by atoms with Gasteiger partial charge < -0.3 is 82.3 Å². The van der Waals surface area contributed by atoms with E-state index in [-0.39, 0.29) is 126 Å². The van der Waals surface area contributed by atoms with Crippen LogP contribution in [-0.2, 0) is 18.9 Å². The van der Waals surface area contributed by atoms with Crippen molar-refractivity contribution in [1.82, 2.24) is 0 Å². The Balaban J connectivity index is 0.000000264. The minimum atomic E-state index is -1.66. The zero-order chi connectivity index (χ0) is 98.0. The Hall–Kier alpha value is -14.6. The van der Waals surface area contributed by atoms with Gasteiger partial charge in [0.1, 0.15) is 11.6 Å². The molecule has 14 aromatic rings. The van der Waals surface area contributed by atoms with E-state index in [4.69, 9.17) is 30.7 Å². The van der Waals surface area contributed by atoms with Gasteiger partial charge in [0.05, 0.1) is 88.6 Å². The van der Waals surface area contributed by atoms with Gasteiger partial charge in [-0.2, -0.15) is 0 Å². The Bertz CT molecular complexity index is 6750. The van der Waals surface area contributed by atoms with Crippen LogP contribution in [0.2, 0.25) is 0 Å². The van der Waals surface area contributed by atoms with Crippen molar-refractivity contribution in [3.8, 4) is 44.5 Å². The molecule has 2 heterocycles. The molecule has 31 nitrogen and oxygen atoms in total. The number of fused-ring (bicyclic) bond motifs is 4. The fraction of sp³-hybridized carbons (Fsp3) is 0.0700. The van der Waals surface area contributed by atoms with Crippen LogP contribution in [0.4, 0.5) is 48.6 Å². The number of nitrogens with zero attached hydrogens (tertiary/aromatic N) is 2. The number of methoxy groups -OCH3 is 4. The van der Waals surface area contributed by atoms with Crippen LogP contribution in [0.5, 0.6) is 0 Å². The number of nitrogens with one attached hydrogen (secondary N) is 4. The molecule has 0 fully saturated rings. The maximum absolute atomic E-state index is 13.7. The van der Waals surface area contributed by atoms with E-state index in [2.05, 4.69) is 51.4 Å². The number of halogens is 3. The number of aromatic carboxylic acids is 1. The molecule has 16 rings (SSSR count). The molecule has 0 saturated heterocycles. The average Bonchev–Trinajstić information content (AvgIpc) is 1.70. The molecule has 0 bridgehead atoms. The molecule has 702 valence electrons. The first kappa shape index (κ1) is 112. The van der Waals surface area contributed by atoms with E-state index in [0.717, 1.165) is 60.8 Å². The van der Waals surface area contributed by atoms with Crippen LogP contribution in [-0.4, -0.2) is 149 Å². The van der Waals surface area contributed by atoms with Gasteiger partial charge in [0.15, 0.2) is 0 Å². The van der Waals surface area contributed by atoms with E-state index in [1.165, 1.54) is 113 Å². The number of hydrogen-bond acceptors (Lipinski definition) is 25. The Morgan fingerprint density at radius 3 is 1.09 bits per heavy atom. The first-order valence-electron chi connectivity index (χ1n) is 40.1. The van der Waals surface area contributed by atoms with E-state index in [1.54, 1.807) is 195 Å². The molecule has 0 atom stereocenters. The Labute approximate surface area is 848 Å². The molecule has 0 aromatic heterocycles. The molecule has 0 saturated carbocycles. The van der Waals surface area contributed by atoms with Gasteiger partial charge in [0, 0.05) is 90.2 Å². The van der Waals surface area contributed by atoms with E-state index < -0.39 is 58.3 Å². The Morgan fingerprint density at radius 1 is 0.420 bits per heavy atom. The van der Waals surface area contributed by atoms with Crippen molar-refractivity contribution in [2.24, 2.45) is 0 Å². The number of non-ortho nitro benzene ring substituents is 2. The third-order valence-corrected chi connectivity index (χ3v) is 21.7. The van der Waals surface area contributed by atoms with E-state index in [0.29, 0.717) is 82.7 Å². The third-order valence-electron chi connectivity index (χ3n) is 18.9.